The van der Waals surface area contributed by atoms with Gasteiger partial charge in [0.25, 0.3) is 0 Å². The van der Waals surface area contributed by atoms with Crippen molar-refractivity contribution in [3.63, 3.8) is 0 Å². The maximum Gasteiger partial charge on any atom is 0.0218 e. The summed E-state index contributed by atoms with van der Waals surface area (Å²) in [6.45, 7) is 13.1. The van der Waals surface area contributed by atoms with Crippen molar-refractivity contribution in [2.45, 2.75) is 71.9 Å². The van der Waals surface area contributed by atoms with Gasteiger partial charge in [-0.1, -0.05) is 40.5 Å². The second-order valence-electron chi connectivity index (χ2n) is 5.80. The summed E-state index contributed by atoms with van der Waals surface area (Å²) in [6.07, 6.45) is 6.60. The van der Waals surface area contributed by atoms with Crippen LogP contribution in [-0.4, -0.2) is 36.6 Å². The minimum atomic E-state index is 0.733. The van der Waals surface area contributed by atoms with Crippen LogP contribution in [-0.2, 0) is 0 Å². The van der Waals surface area contributed by atoms with Gasteiger partial charge in [0, 0.05) is 31.7 Å². The van der Waals surface area contributed by atoms with Crippen LogP contribution < -0.4 is 5.32 Å². The topological polar surface area (TPSA) is 15.3 Å². The summed E-state index contributed by atoms with van der Waals surface area (Å²) in [4.78, 5) is 2.75. The maximum atomic E-state index is 3.71. The molecule has 1 saturated heterocycles. The average molecular weight is 240 g/mol. The predicted octanol–water partition coefficient (Wildman–Crippen LogP) is 3.28. The molecule has 1 aliphatic rings. The van der Waals surface area contributed by atoms with Gasteiger partial charge in [-0.25, -0.2) is 0 Å². The minimum Gasteiger partial charge on any atom is -0.311 e. The van der Waals surface area contributed by atoms with Gasteiger partial charge in [-0.05, 0) is 25.2 Å². The molecule has 0 aromatic rings. The van der Waals surface area contributed by atoms with E-state index >= 15 is 0 Å². The van der Waals surface area contributed by atoms with Crippen LogP contribution in [0.1, 0.15) is 59.8 Å². The van der Waals surface area contributed by atoms with E-state index in [9.17, 15) is 0 Å². The van der Waals surface area contributed by atoms with Crippen molar-refractivity contribution in [2.24, 2.45) is 5.92 Å². The van der Waals surface area contributed by atoms with Crippen LogP contribution in [0.3, 0.4) is 0 Å². The van der Waals surface area contributed by atoms with Gasteiger partial charge < -0.3 is 5.32 Å². The molecule has 0 amide bonds. The molecular weight excluding hydrogens is 208 g/mol. The Bertz CT molecular complexity index is 191. The van der Waals surface area contributed by atoms with E-state index in [0.717, 1.165) is 18.0 Å². The summed E-state index contributed by atoms with van der Waals surface area (Å²) in [7, 11) is 0. The molecular formula is C15H32N2. The highest BCUT2D eigenvalue weighted by molar-refractivity contribution is 4.85. The third-order valence-corrected chi connectivity index (χ3v) is 4.05. The van der Waals surface area contributed by atoms with Crippen molar-refractivity contribution in [1.82, 2.24) is 10.2 Å². The molecule has 0 spiro atoms. The molecule has 2 heteroatoms. The number of piperazine rings is 1. The summed E-state index contributed by atoms with van der Waals surface area (Å²) in [6, 6.07) is 1.50. The van der Waals surface area contributed by atoms with Crippen molar-refractivity contribution in [3.8, 4) is 0 Å². The highest BCUT2D eigenvalue weighted by atomic mass is 15.2. The molecule has 0 bridgehead atoms. The zero-order valence-corrected chi connectivity index (χ0v) is 12.3. The number of nitrogens with zero attached hydrogens (tertiary/aromatic N) is 1. The van der Waals surface area contributed by atoms with E-state index in [0.29, 0.717) is 0 Å². The fourth-order valence-corrected chi connectivity index (χ4v) is 3.08. The molecule has 0 saturated carbocycles. The summed E-state index contributed by atoms with van der Waals surface area (Å²) in [5, 5.41) is 3.71. The predicted molar refractivity (Wildman–Crippen MR) is 76.4 cm³/mol. The standard InChI is InChI=1S/C15H32N2/c1-5-8-13(4)11-17-12-14(9-6-2)16-10-15(17)7-3/h13-16H,5-12H2,1-4H3. The Morgan fingerprint density at radius 2 is 2.00 bits per heavy atom. The van der Waals surface area contributed by atoms with E-state index in [1.807, 2.05) is 0 Å². The van der Waals surface area contributed by atoms with Crippen molar-refractivity contribution in [1.29, 1.82) is 0 Å². The molecule has 1 aliphatic heterocycles. The number of hydrogen-bond acceptors (Lipinski definition) is 2. The fraction of sp³-hybridized carbons (Fsp3) is 1.00. The normalized spacial score (nSPS) is 28.2. The molecule has 0 aliphatic carbocycles. The maximum absolute atomic E-state index is 3.71. The molecule has 0 aromatic carbocycles. The highest BCUT2D eigenvalue weighted by Gasteiger charge is 2.26. The largest absolute Gasteiger partial charge is 0.311 e. The molecule has 3 atom stereocenters. The lowest BCUT2D eigenvalue weighted by atomic mass is 9.99. The Labute approximate surface area is 108 Å². The van der Waals surface area contributed by atoms with Crippen LogP contribution in [0.25, 0.3) is 0 Å². The zero-order chi connectivity index (χ0) is 12.7. The van der Waals surface area contributed by atoms with Gasteiger partial charge in [-0.15, -0.1) is 0 Å². The third-order valence-electron chi connectivity index (χ3n) is 4.05. The first-order valence-corrected chi connectivity index (χ1v) is 7.68. The molecule has 102 valence electrons. The summed E-state index contributed by atoms with van der Waals surface area (Å²) < 4.78 is 0. The molecule has 1 heterocycles. The van der Waals surface area contributed by atoms with Crippen LogP contribution >= 0.6 is 0 Å². The number of rotatable bonds is 7. The summed E-state index contributed by atoms with van der Waals surface area (Å²) in [5.41, 5.74) is 0. The quantitative estimate of drug-likeness (QED) is 0.735. The van der Waals surface area contributed by atoms with Gasteiger partial charge in [0.05, 0.1) is 0 Å². The second kappa shape index (κ2) is 8.10. The Balaban J connectivity index is 2.44. The van der Waals surface area contributed by atoms with E-state index in [-0.39, 0.29) is 0 Å². The number of nitrogens with one attached hydrogen (secondary N) is 1. The van der Waals surface area contributed by atoms with E-state index < -0.39 is 0 Å². The first kappa shape index (κ1) is 15.0. The van der Waals surface area contributed by atoms with Crippen LogP contribution in [0.5, 0.6) is 0 Å². The van der Waals surface area contributed by atoms with Crippen LogP contribution in [0.4, 0.5) is 0 Å². The van der Waals surface area contributed by atoms with Gasteiger partial charge in [0.15, 0.2) is 0 Å². The van der Waals surface area contributed by atoms with Gasteiger partial charge >= 0.3 is 0 Å². The Morgan fingerprint density at radius 1 is 1.24 bits per heavy atom. The zero-order valence-electron chi connectivity index (χ0n) is 12.3. The van der Waals surface area contributed by atoms with Gasteiger partial charge in [0.2, 0.25) is 0 Å². The van der Waals surface area contributed by atoms with Gasteiger partial charge in [-0.2, -0.15) is 0 Å². The molecule has 0 radical (unpaired) electrons. The SMILES string of the molecule is CCCC(C)CN1CC(CCC)NCC1CC. The molecule has 3 unspecified atom stereocenters. The molecule has 2 nitrogen and oxygen atoms in total. The van der Waals surface area contributed by atoms with Crippen LogP contribution in [0.2, 0.25) is 0 Å². The fourth-order valence-electron chi connectivity index (χ4n) is 3.08. The molecule has 1 rings (SSSR count). The summed E-state index contributed by atoms with van der Waals surface area (Å²) >= 11 is 0. The van der Waals surface area contributed by atoms with E-state index in [4.69, 9.17) is 0 Å². The first-order chi connectivity index (χ1) is 8.21. The van der Waals surface area contributed by atoms with Gasteiger partial charge in [0.1, 0.15) is 0 Å². The lowest BCUT2D eigenvalue weighted by molar-refractivity contribution is 0.105. The second-order valence-corrected chi connectivity index (χ2v) is 5.80. The van der Waals surface area contributed by atoms with Crippen molar-refractivity contribution >= 4 is 0 Å². The lowest BCUT2D eigenvalue weighted by Crippen LogP contribution is -2.57. The Kier molecular flexibility index (Phi) is 7.14. The molecule has 17 heavy (non-hydrogen) atoms. The Morgan fingerprint density at radius 3 is 2.59 bits per heavy atom. The van der Waals surface area contributed by atoms with Crippen molar-refractivity contribution in [2.75, 3.05) is 19.6 Å². The monoisotopic (exact) mass is 240 g/mol. The van der Waals surface area contributed by atoms with E-state index in [1.54, 1.807) is 0 Å². The molecule has 1 fully saturated rings. The smallest absolute Gasteiger partial charge is 0.0218 e. The van der Waals surface area contributed by atoms with Gasteiger partial charge in [-0.3, -0.25) is 4.90 Å². The summed E-state index contributed by atoms with van der Waals surface area (Å²) in [5.74, 6) is 0.856. The number of hydrogen-bond donors (Lipinski definition) is 1. The van der Waals surface area contributed by atoms with E-state index in [2.05, 4.69) is 37.9 Å². The van der Waals surface area contributed by atoms with Crippen molar-refractivity contribution in [3.05, 3.63) is 0 Å². The van der Waals surface area contributed by atoms with Crippen LogP contribution in [0, 0.1) is 5.92 Å². The molecule has 0 aromatic heterocycles. The third kappa shape index (κ3) is 4.97. The van der Waals surface area contributed by atoms with E-state index in [1.165, 1.54) is 51.7 Å². The van der Waals surface area contributed by atoms with Crippen LogP contribution in [0.15, 0.2) is 0 Å². The average Bonchev–Trinajstić information content (AvgIpc) is 2.30. The highest BCUT2D eigenvalue weighted by Crippen LogP contribution is 2.17. The first-order valence-electron chi connectivity index (χ1n) is 7.68. The minimum absolute atomic E-state index is 0.733. The lowest BCUT2D eigenvalue weighted by Gasteiger charge is -2.41. The van der Waals surface area contributed by atoms with Crippen molar-refractivity contribution < 1.29 is 0 Å². The molecule has 1 N–H and O–H groups in total. The Hall–Kier alpha value is -0.0800.